The van der Waals surface area contributed by atoms with Gasteiger partial charge in [0.05, 0.1) is 37.2 Å². The number of hydrogen-bond donors (Lipinski definition) is 3. The van der Waals surface area contributed by atoms with Crippen LogP contribution in [0.15, 0.2) is 42.7 Å². The topological polar surface area (TPSA) is 142 Å². The van der Waals surface area contributed by atoms with E-state index in [-0.39, 0.29) is 24.4 Å². The minimum atomic E-state index is -3.27. The zero-order chi connectivity index (χ0) is 24.1. The summed E-state index contributed by atoms with van der Waals surface area (Å²) in [6.45, 7) is 4.12. The van der Waals surface area contributed by atoms with E-state index in [1.807, 2.05) is 6.92 Å². The molecule has 0 unspecified atom stereocenters. The SMILES string of the molecule is C[C@H]1COCCN1c1cc(CS(C)(=O)=O)nc(-c2ccc(NC(=O)NCc3ncc[nH]3)cc2)n1. The molecule has 3 heterocycles. The van der Waals surface area contributed by atoms with Crippen LogP contribution in [0.5, 0.6) is 0 Å². The van der Waals surface area contributed by atoms with Gasteiger partial charge in [0.2, 0.25) is 0 Å². The number of ether oxygens (including phenoxy) is 1. The van der Waals surface area contributed by atoms with Gasteiger partial charge in [-0.05, 0) is 31.2 Å². The summed E-state index contributed by atoms with van der Waals surface area (Å²) >= 11 is 0. The van der Waals surface area contributed by atoms with Crippen molar-refractivity contribution < 1.29 is 17.9 Å². The van der Waals surface area contributed by atoms with Crippen molar-refractivity contribution in [2.24, 2.45) is 0 Å². The second-order valence-electron chi connectivity index (χ2n) is 8.15. The van der Waals surface area contributed by atoms with Crippen molar-refractivity contribution >= 4 is 27.4 Å². The predicted octanol–water partition coefficient (Wildman–Crippen LogP) is 1.96. The molecule has 34 heavy (non-hydrogen) atoms. The molecule has 1 aromatic carbocycles. The van der Waals surface area contributed by atoms with E-state index >= 15 is 0 Å². The average Bonchev–Trinajstić information content (AvgIpc) is 3.31. The van der Waals surface area contributed by atoms with Gasteiger partial charge in [-0.15, -0.1) is 0 Å². The molecule has 3 aromatic rings. The number of carbonyl (C=O) groups excluding carboxylic acids is 1. The first-order chi connectivity index (χ1) is 16.3. The van der Waals surface area contributed by atoms with E-state index in [9.17, 15) is 13.2 Å². The number of H-pyrrole nitrogens is 1. The van der Waals surface area contributed by atoms with Gasteiger partial charge >= 0.3 is 6.03 Å². The van der Waals surface area contributed by atoms with Crippen LogP contribution in [-0.4, -0.2) is 66.4 Å². The first kappa shape index (κ1) is 23.6. The third-order valence-corrected chi connectivity index (χ3v) is 6.03. The Kier molecular flexibility index (Phi) is 7.08. The van der Waals surface area contributed by atoms with Crippen LogP contribution in [0.3, 0.4) is 0 Å². The van der Waals surface area contributed by atoms with Gasteiger partial charge in [0, 0.05) is 42.5 Å². The Morgan fingerprint density at radius 3 is 2.74 bits per heavy atom. The van der Waals surface area contributed by atoms with Crippen LogP contribution < -0.4 is 15.5 Å². The van der Waals surface area contributed by atoms with E-state index in [1.165, 1.54) is 6.26 Å². The van der Waals surface area contributed by atoms with E-state index in [1.54, 1.807) is 42.7 Å². The molecule has 3 N–H and O–H groups in total. The number of aromatic nitrogens is 4. The molecule has 180 valence electrons. The highest BCUT2D eigenvalue weighted by Gasteiger charge is 2.22. The number of rotatable bonds is 7. The van der Waals surface area contributed by atoms with E-state index in [4.69, 9.17) is 9.72 Å². The number of morpholine rings is 1. The Bertz CT molecular complexity index is 1230. The number of nitrogens with zero attached hydrogens (tertiary/aromatic N) is 4. The molecule has 1 aliphatic rings. The molecule has 0 aliphatic carbocycles. The molecule has 1 fully saturated rings. The highest BCUT2D eigenvalue weighted by atomic mass is 32.2. The van der Waals surface area contributed by atoms with Gasteiger partial charge in [-0.3, -0.25) is 0 Å². The largest absolute Gasteiger partial charge is 0.377 e. The molecule has 0 saturated carbocycles. The molecule has 12 heteroatoms. The number of amides is 2. The predicted molar refractivity (Wildman–Crippen MR) is 128 cm³/mol. The fraction of sp³-hybridized carbons (Fsp3) is 0.364. The number of aromatic amines is 1. The lowest BCUT2D eigenvalue weighted by Crippen LogP contribution is -2.44. The number of benzene rings is 1. The molecule has 0 bridgehead atoms. The van der Waals surface area contributed by atoms with Crippen molar-refractivity contribution in [1.29, 1.82) is 0 Å². The molecular formula is C22H27N7O4S. The maximum atomic E-state index is 12.1. The Balaban J connectivity index is 1.53. The molecule has 1 aliphatic heterocycles. The van der Waals surface area contributed by atoms with E-state index in [0.29, 0.717) is 54.2 Å². The van der Waals surface area contributed by atoms with Crippen LogP contribution in [0, 0.1) is 0 Å². The Morgan fingerprint density at radius 1 is 1.26 bits per heavy atom. The van der Waals surface area contributed by atoms with Crippen LogP contribution >= 0.6 is 0 Å². The molecule has 11 nitrogen and oxygen atoms in total. The van der Waals surface area contributed by atoms with Gasteiger partial charge in [-0.1, -0.05) is 0 Å². The van der Waals surface area contributed by atoms with Crippen LogP contribution in [0.4, 0.5) is 16.3 Å². The third kappa shape index (κ3) is 6.29. The van der Waals surface area contributed by atoms with Crippen LogP contribution in [0.2, 0.25) is 0 Å². The lowest BCUT2D eigenvalue weighted by molar-refractivity contribution is 0.0985. The minimum Gasteiger partial charge on any atom is -0.377 e. The summed E-state index contributed by atoms with van der Waals surface area (Å²) in [5, 5.41) is 5.48. The highest BCUT2D eigenvalue weighted by molar-refractivity contribution is 7.89. The quantitative estimate of drug-likeness (QED) is 0.461. The molecule has 0 spiro atoms. The fourth-order valence-electron chi connectivity index (χ4n) is 3.61. The minimum absolute atomic E-state index is 0.105. The number of imidazole rings is 1. The average molecular weight is 486 g/mol. The van der Waals surface area contributed by atoms with Crippen molar-refractivity contribution in [1.82, 2.24) is 25.3 Å². The Labute approximate surface area is 197 Å². The first-order valence-corrected chi connectivity index (χ1v) is 12.9. The lowest BCUT2D eigenvalue weighted by atomic mass is 10.2. The zero-order valence-corrected chi connectivity index (χ0v) is 19.8. The van der Waals surface area contributed by atoms with Gasteiger partial charge in [0.1, 0.15) is 11.6 Å². The normalized spacial score (nSPS) is 16.3. The standard InChI is InChI=1S/C22H27N7O4S/c1-15-13-33-10-9-29(15)20-11-18(14-34(2,31)32)26-21(28-20)16-3-5-17(6-4-16)27-22(30)25-12-19-23-7-8-24-19/h3-8,11,15H,9-10,12-14H2,1-2H3,(H,23,24)(H2,25,27,30)/t15-/m0/s1. The third-order valence-electron chi connectivity index (χ3n) is 5.21. The number of carbonyl (C=O) groups is 1. The monoisotopic (exact) mass is 485 g/mol. The summed E-state index contributed by atoms with van der Waals surface area (Å²) in [6.07, 6.45) is 4.49. The van der Waals surface area contributed by atoms with Crippen molar-refractivity contribution in [3.63, 3.8) is 0 Å². The van der Waals surface area contributed by atoms with Crippen molar-refractivity contribution in [3.8, 4) is 11.4 Å². The maximum absolute atomic E-state index is 12.1. The van der Waals surface area contributed by atoms with E-state index in [2.05, 4.69) is 30.5 Å². The van der Waals surface area contributed by atoms with Crippen molar-refractivity contribution in [2.45, 2.75) is 25.3 Å². The Hall–Kier alpha value is -3.51. The smallest absolute Gasteiger partial charge is 0.319 e. The fourth-order valence-corrected chi connectivity index (χ4v) is 4.29. The second kappa shape index (κ2) is 10.2. The van der Waals surface area contributed by atoms with E-state index in [0.717, 1.165) is 0 Å². The Morgan fingerprint density at radius 2 is 2.06 bits per heavy atom. The van der Waals surface area contributed by atoms with Gasteiger partial charge < -0.3 is 25.3 Å². The molecular weight excluding hydrogens is 458 g/mol. The molecule has 0 radical (unpaired) electrons. The number of sulfone groups is 1. The van der Waals surface area contributed by atoms with Gasteiger partial charge in [-0.25, -0.2) is 28.2 Å². The first-order valence-electron chi connectivity index (χ1n) is 10.8. The summed E-state index contributed by atoms with van der Waals surface area (Å²) in [6, 6.07) is 8.53. The van der Waals surface area contributed by atoms with Crippen LogP contribution in [0.1, 0.15) is 18.4 Å². The van der Waals surface area contributed by atoms with Crippen molar-refractivity contribution in [2.75, 3.05) is 36.2 Å². The van der Waals surface area contributed by atoms with E-state index < -0.39 is 9.84 Å². The maximum Gasteiger partial charge on any atom is 0.319 e. The van der Waals surface area contributed by atoms with Crippen LogP contribution in [0.25, 0.3) is 11.4 Å². The highest BCUT2D eigenvalue weighted by Crippen LogP contribution is 2.25. The summed E-state index contributed by atoms with van der Waals surface area (Å²) in [5.74, 6) is 1.56. The summed E-state index contributed by atoms with van der Waals surface area (Å²) in [5.41, 5.74) is 1.73. The molecule has 1 saturated heterocycles. The molecule has 4 rings (SSSR count). The number of hydrogen-bond acceptors (Lipinski definition) is 8. The number of anilines is 2. The van der Waals surface area contributed by atoms with Gasteiger partial charge in [0.15, 0.2) is 15.7 Å². The summed E-state index contributed by atoms with van der Waals surface area (Å²) < 4.78 is 29.4. The summed E-state index contributed by atoms with van der Waals surface area (Å²) in [7, 11) is -3.27. The zero-order valence-electron chi connectivity index (χ0n) is 19.0. The lowest BCUT2D eigenvalue weighted by Gasteiger charge is -2.34. The van der Waals surface area contributed by atoms with Crippen LogP contribution in [-0.2, 0) is 26.9 Å². The second-order valence-corrected chi connectivity index (χ2v) is 10.3. The molecule has 1 atom stereocenters. The number of urea groups is 1. The van der Waals surface area contributed by atoms with Gasteiger partial charge in [0.25, 0.3) is 0 Å². The van der Waals surface area contributed by atoms with Crippen molar-refractivity contribution in [3.05, 3.63) is 54.2 Å². The summed E-state index contributed by atoms with van der Waals surface area (Å²) in [4.78, 5) is 30.4. The molecule has 2 aromatic heterocycles. The number of nitrogens with one attached hydrogen (secondary N) is 3. The molecule has 2 amide bonds. The van der Waals surface area contributed by atoms with Gasteiger partial charge in [-0.2, -0.15) is 0 Å².